The van der Waals surface area contributed by atoms with Crippen LogP contribution >= 0.6 is 23.1 Å². The third kappa shape index (κ3) is 2.67. The van der Waals surface area contributed by atoms with Crippen LogP contribution in [0.5, 0.6) is 0 Å². The zero-order valence-corrected chi connectivity index (χ0v) is 14.6. The molecule has 1 amide bonds. The fourth-order valence-corrected chi connectivity index (χ4v) is 4.80. The lowest BCUT2D eigenvalue weighted by Crippen LogP contribution is -2.31. The molecule has 1 aliphatic heterocycles. The largest absolute Gasteiger partial charge is 0.355 e. The van der Waals surface area contributed by atoms with Crippen molar-refractivity contribution in [2.75, 3.05) is 6.54 Å². The van der Waals surface area contributed by atoms with E-state index in [9.17, 15) is 9.59 Å². The van der Waals surface area contributed by atoms with E-state index in [1.165, 1.54) is 11.8 Å². The molecule has 7 heteroatoms. The zero-order valence-electron chi connectivity index (χ0n) is 12.9. The van der Waals surface area contributed by atoms with Crippen LogP contribution in [0.4, 0.5) is 0 Å². The Hall–Kier alpha value is -1.34. The molecule has 0 aromatic carbocycles. The summed E-state index contributed by atoms with van der Waals surface area (Å²) in [7, 11) is 1.73. The standard InChI is InChI=1S/C15H19N3O2S2/c1-8-9(2)21-13-11(8)14(20)18(3)15(17-13)22-10-6-4-5-7-16-12(10)19/h10H,4-7H2,1-3H3,(H,16,19). The average Bonchev–Trinajstić information content (AvgIpc) is 2.64. The zero-order chi connectivity index (χ0) is 15.9. The molecule has 1 N–H and O–H groups in total. The van der Waals surface area contributed by atoms with Crippen LogP contribution in [0.15, 0.2) is 9.95 Å². The summed E-state index contributed by atoms with van der Waals surface area (Å²) in [4.78, 5) is 31.2. The second-order valence-electron chi connectivity index (χ2n) is 5.62. The van der Waals surface area contributed by atoms with Crippen molar-refractivity contribution in [3.05, 3.63) is 20.8 Å². The lowest BCUT2D eigenvalue weighted by molar-refractivity contribution is -0.120. The van der Waals surface area contributed by atoms with Gasteiger partial charge < -0.3 is 5.32 Å². The Morgan fingerprint density at radius 1 is 1.32 bits per heavy atom. The maximum absolute atomic E-state index is 12.6. The SMILES string of the molecule is Cc1sc2nc(SC3CCCCNC3=O)n(C)c(=O)c2c1C. The number of nitrogens with zero attached hydrogens (tertiary/aromatic N) is 2. The Kier molecular flexibility index (Phi) is 4.27. The van der Waals surface area contributed by atoms with Crippen LogP contribution in [0, 0.1) is 13.8 Å². The first-order chi connectivity index (χ1) is 10.5. The van der Waals surface area contributed by atoms with Gasteiger partial charge in [-0.3, -0.25) is 14.2 Å². The van der Waals surface area contributed by atoms with E-state index >= 15 is 0 Å². The predicted octanol–water partition coefficient (Wildman–Crippen LogP) is 2.37. The fraction of sp³-hybridized carbons (Fsp3) is 0.533. The monoisotopic (exact) mass is 337 g/mol. The van der Waals surface area contributed by atoms with Crippen LogP contribution in [0.25, 0.3) is 10.2 Å². The van der Waals surface area contributed by atoms with Gasteiger partial charge in [0.25, 0.3) is 5.56 Å². The van der Waals surface area contributed by atoms with E-state index in [0.29, 0.717) is 10.5 Å². The van der Waals surface area contributed by atoms with E-state index in [-0.39, 0.29) is 16.7 Å². The van der Waals surface area contributed by atoms with Crippen LogP contribution in [-0.2, 0) is 11.8 Å². The molecule has 2 aromatic heterocycles. The smallest absolute Gasteiger partial charge is 0.262 e. The summed E-state index contributed by atoms with van der Waals surface area (Å²) in [5, 5.41) is 4.09. The van der Waals surface area contributed by atoms with E-state index in [4.69, 9.17) is 0 Å². The van der Waals surface area contributed by atoms with Gasteiger partial charge in [-0.25, -0.2) is 4.98 Å². The van der Waals surface area contributed by atoms with Gasteiger partial charge in [0.2, 0.25) is 5.91 Å². The van der Waals surface area contributed by atoms with Crippen molar-refractivity contribution in [2.45, 2.75) is 43.5 Å². The molecular weight excluding hydrogens is 318 g/mol. The van der Waals surface area contributed by atoms with E-state index in [2.05, 4.69) is 10.3 Å². The minimum absolute atomic E-state index is 0.0246. The molecule has 3 rings (SSSR count). The Balaban J connectivity index is 2.02. The number of fused-ring (bicyclic) bond motifs is 1. The molecular formula is C15H19N3O2S2. The summed E-state index contributed by atoms with van der Waals surface area (Å²) in [6.07, 6.45) is 2.86. The van der Waals surface area contributed by atoms with Gasteiger partial charge in [-0.2, -0.15) is 0 Å². The fourth-order valence-electron chi connectivity index (χ4n) is 2.61. The van der Waals surface area contributed by atoms with E-state index < -0.39 is 0 Å². The van der Waals surface area contributed by atoms with Crippen molar-refractivity contribution in [1.82, 2.24) is 14.9 Å². The Morgan fingerprint density at radius 3 is 2.86 bits per heavy atom. The molecule has 1 saturated heterocycles. The third-order valence-corrected chi connectivity index (χ3v) is 6.51. The van der Waals surface area contributed by atoms with Gasteiger partial charge in [0.05, 0.1) is 10.6 Å². The van der Waals surface area contributed by atoms with Crippen molar-refractivity contribution in [1.29, 1.82) is 0 Å². The second kappa shape index (κ2) is 6.04. The summed E-state index contributed by atoms with van der Waals surface area (Å²) in [6, 6.07) is 0. The van der Waals surface area contributed by atoms with Gasteiger partial charge in [0, 0.05) is 18.5 Å². The number of aryl methyl sites for hydroxylation is 2. The van der Waals surface area contributed by atoms with Crippen molar-refractivity contribution in [3.8, 4) is 0 Å². The number of amides is 1. The number of aromatic nitrogens is 2. The minimum Gasteiger partial charge on any atom is -0.355 e. The number of hydrogen-bond acceptors (Lipinski definition) is 5. The van der Waals surface area contributed by atoms with Gasteiger partial charge in [0.1, 0.15) is 4.83 Å². The number of thioether (sulfide) groups is 1. The Bertz CT molecular complexity index is 794. The van der Waals surface area contributed by atoms with E-state index in [1.807, 2.05) is 13.8 Å². The van der Waals surface area contributed by atoms with E-state index in [0.717, 1.165) is 41.1 Å². The van der Waals surface area contributed by atoms with Crippen LogP contribution in [0.2, 0.25) is 0 Å². The number of thiophene rings is 1. The molecule has 2 aromatic rings. The summed E-state index contributed by atoms with van der Waals surface area (Å²) in [5.74, 6) is 0.0513. The van der Waals surface area contributed by atoms with Gasteiger partial charge in [0.15, 0.2) is 5.16 Å². The van der Waals surface area contributed by atoms with Gasteiger partial charge in [-0.15, -0.1) is 11.3 Å². The highest BCUT2D eigenvalue weighted by Gasteiger charge is 2.24. The number of nitrogens with one attached hydrogen (secondary N) is 1. The molecule has 3 heterocycles. The first kappa shape index (κ1) is 15.6. The van der Waals surface area contributed by atoms with Crippen molar-refractivity contribution >= 4 is 39.2 Å². The molecule has 0 radical (unpaired) electrons. The molecule has 0 aliphatic carbocycles. The van der Waals surface area contributed by atoms with Gasteiger partial charge in [-0.1, -0.05) is 18.2 Å². The van der Waals surface area contributed by atoms with Crippen LogP contribution in [0.1, 0.15) is 29.7 Å². The highest BCUT2D eigenvalue weighted by molar-refractivity contribution is 8.00. The second-order valence-corrected chi connectivity index (χ2v) is 7.99. The third-order valence-electron chi connectivity index (χ3n) is 4.10. The molecule has 1 aliphatic rings. The normalized spacial score (nSPS) is 19.2. The molecule has 1 unspecified atom stereocenters. The highest BCUT2D eigenvalue weighted by atomic mass is 32.2. The maximum Gasteiger partial charge on any atom is 0.262 e. The lowest BCUT2D eigenvalue weighted by atomic mass is 10.2. The molecule has 1 atom stereocenters. The quantitative estimate of drug-likeness (QED) is 0.855. The molecule has 0 bridgehead atoms. The number of rotatable bonds is 2. The van der Waals surface area contributed by atoms with Crippen molar-refractivity contribution < 1.29 is 4.79 Å². The number of carbonyl (C=O) groups excluding carboxylic acids is 1. The first-order valence-corrected chi connectivity index (χ1v) is 9.09. The van der Waals surface area contributed by atoms with Gasteiger partial charge in [-0.05, 0) is 32.3 Å². The van der Waals surface area contributed by atoms with E-state index in [1.54, 1.807) is 23.0 Å². The number of hydrogen-bond donors (Lipinski definition) is 1. The summed E-state index contributed by atoms with van der Waals surface area (Å²) in [6.45, 7) is 4.71. The topological polar surface area (TPSA) is 64.0 Å². The summed E-state index contributed by atoms with van der Waals surface area (Å²) < 4.78 is 1.57. The summed E-state index contributed by atoms with van der Waals surface area (Å²) >= 11 is 2.95. The maximum atomic E-state index is 12.6. The first-order valence-electron chi connectivity index (χ1n) is 7.40. The van der Waals surface area contributed by atoms with Crippen LogP contribution in [-0.4, -0.2) is 27.3 Å². The molecule has 0 spiro atoms. The van der Waals surface area contributed by atoms with Gasteiger partial charge >= 0.3 is 0 Å². The molecule has 5 nitrogen and oxygen atoms in total. The lowest BCUT2D eigenvalue weighted by Gasteiger charge is -2.14. The number of carbonyl (C=O) groups is 1. The minimum atomic E-state index is -0.166. The highest BCUT2D eigenvalue weighted by Crippen LogP contribution is 2.30. The Morgan fingerprint density at radius 2 is 2.09 bits per heavy atom. The molecule has 22 heavy (non-hydrogen) atoms. The molecule has 1 fully saturated rings. The Labute approximate surface area is 137 Å². The van der Waals surface area contributed by atoms with Crippen LogP contribution in [0.3, 0.4) is 0 Å². The molecule has 0 saturated carbocycles. The predicted molar refractivity (Wildman–Crippen MR) is 90.8 cm³/mol. The van der Waals surface area contributed by atoms with Crippen LogP contribution < -0.4 is 10.9 Å². The molecule has 118 valence electrons. The van der Waals surface area contributed by atoms with Crippen molar-refractivity contribution in [2.24, 2.45) is 7.05 Å². The summed E-state index contributed by atoms with van der Waals surface area (Å²) in [5.41, 5.74) is 0.986. The van der Waals surface area contributed by atoms with Crippen molar-refractivity contribution in [3.63, 3.8) is 0 Å². The average molecular weight is 337 g/mol.